The Kier molecular flexibility index (Phi) is 7.32. The molecule has 2 aromatic carbocycles. The summed E-state index contributed by atoms with van der Waals surface area (Å²) in [7, 11) is 0. The van der Waals surface area contributed by atoms with E-state index in [4.69, 9.17) is 10.00 Å². The molecule has 180 valence electrons. The molecule has 0 radical (unpaired) electrons. The number of carbonyl (C=O) groups is 1. The van der Waals surface area contributed by atoms with Crippen molar-refractivity contribution in [3.63, 3.8) is 0 Å². The summed E-state index contributed by atoms with van der Waals surface area (Å²) in [5.74, 6) is -3.16. The van der Waals surface area contributed by atoms with E-state index in [9.17, 15) is 13.6 Å². The predicted octanol–water partition coefficient (Wildman–Crippen LogP) is 4.66. The second kappa shape index (κ2) is 10.4. The molecule has 0 aromatic heterocycles. The molecule has 1 amide bonds. The molecule has 1 saturated heterocycles. The largest absolute Gasteiger partial charge is 0.382 e. The maximum absolute atomic E-state index is 13.9. The molecule has 1 aliphatic heterocycles. The lowest BCUT2D eigenvalue weighted by atomic mass is 9.90. The number of nitrogens with zero attached hydrogens (tertiary/aromatic N) is 2. The fourth-order valence-electron chi connectivity index (χ4n) is 4.63. The molecule has 6 nitrogen and oxygen atoms in total. The molecule has 2 fully saturated rings. The monoisotopic (exact) mass is 468 g/mol. The Morgan fingerprint density at radius 1 is 1.06 bits per heavy atom. The van der Waals surface area contributed by atoms with Crippen molar-refractivity contribution in [2.45, 2.75) is 50.6 Å². The molecule has 0 spiro atoms. The first-order valence-electron chi connectivity index (χ1n) is 11.8. The number of nitrogens with one attached hydrogen (secondary N) is 2. The van der Waals surface area contributed by atoms with Gasteiger partial charge >= 0.3 is 0 Å². The van der Waals surface area contributed by atoms with Crippen LogP contribution in [0.1, 0.15) is 54.1 Å². The Hall–Kier alpha value is -3.18. The van der Waals surface area contributed by atoms with E-state index in [0.29, 0.717) is 11.3 Å². The second-order valence-electron chi connectivity index (χ2n) is 9.07. The molecule has 2 N–H and O–H groups in total. The Bertz CT molecular complexity index is 1030. The van der Waals surface area contributed by atoms with Crippen molar-refractivity contribution in [1.82, 2.24) is 5.32 Å². The third-order valence-corrected chi connectivity index (χ3v) is 6.55. The minimum atomic E-state index is -3.08. The summed E-state index contributed by atoms with van der Waals surface area (Å²) in [6.45, 7) is 3.95. The number of anilines is 2. The van der Waals surface area contributed by atoms with Crippen LogP contribution in [0.2, 0.25) is 0 Å². The summed E-state index contributed by atoms with van der Waals surface area (Å²) in [5, 5.41) is 15.6. The molecule has 0 unspecified atom stereocenters. The van der Waals surface area contributed by atoms with Crippen molar-refractivity contribution in [2.24, 2.45) is 0 Å². The average molecular weight is 469 g/mol. The fourth-order valence-corrected chi connectivity index (χ4v) is 4.63. The highest BCUT2D eigenvalue weighted by Gasteiger charge is 2.29. The van der Waals surface area contributed by atoms with E-state index in [1.807, 2.05) is 30.3 Å². The highest BCUT2D eigenvalue weighted by atomic mass is 19.3. The second-order valence-corrected chi connectivity index (χ2v) is 9.07. The number of ether oxygens (including phenoxy) is 1. The molecule has 0 bridgehead atoms. The molecule has 8 heteroatoms. The minimum Gasteiger partial charge on any atom is -0.382 e. The molecule has 1 aliphatic carbocycles. The van der Waals surface area contributed by atoms with Crippen LogP contribution in [0.15, 0.2) is 42.5 Å². The standard InChI is InChI=1S/C26H30F2N4O2/c1-26(27,28)24-16-22(5-2-19(24)17-29)30-20-6-8-21(9-7-20)31-25(33)18-3-10-23(11-4-18)32-12-14-34-15-13-32/h2-5,10-11,16,20-21,30H,6-9,12-15H2,1H3,(H,31,33)/t20-,21+. The average Bonchev–Trinajstić information content (AvgIpc) is 2.85. The first-order chi connectivity index (χ1) is 16.3. The quantitative estimate of drug-likeness (QED) is 0.645. The minimum absolute atomic E-state index is 0.0116. The molecular formula is C26H30F2N4O2. The van der Waals surface area contributed by atoms with Crippen molar-refractivity contribution < 1.29 is 18.3 Å². The van der Waals surface area contributed by atoms with Gasteiger partial charge < -0.3 is 20.3 Å². The molecule has 0 atom stereocenters. The lowest BCUT2D eigenvalue weighted by molar-refractivity contribution is 0.0172. The van der Waals surface area contributed by atoms with E-state index in [1.54, 1.807) is 6.07 Å². The van der Waals surface area contributed by atoms with Crippen molar-refractivity contribution >= 4 is 17.3 Å². The van der Waals surface area contributed by atoms with E-state index < -0.39 is 5.92 Å². The van der Waals surface area contributed by atoms with Crippen LogP contribution in [-0.4, -0.2) is 44.3 Å². The smallest absolute Gasteiger partial charge is 0.271 e. The van der Waals surface area contributed by atoms with Crippen molar-refractivity contribution in [2.75, 3.05) is 36.5 Å². The van der Waals surface area contributed by atoms with Crippen LogP contribution in [0.3, 0.4) is 0 Å². The van der Waals surface area contributed by atoms with Crippen LogP contribution in [0, 0.1) is 11.3 Å². The van der Waals surface area contributed by atoms with Crippen LogP contribution in [0.4, 0.5) is 20.2 Å². The fraction of sp³-hybridized carbons (Fsp3) is 0.462. The van der Waals surface area contributed by atoms with E-state index in [1.165, 1.54) is 12.1 Å². The zero-order valence-corrected chi connectivity index (χ0v) is 19.3. The first kappa shape index (κ1) is 24.0. The van der Waals surface area contributed by atoms with Gasteiger partial charge in [0.2, 0.25) is 0 Å². The number of morpholine rings is 1. The van der Waals surface area contributed by atoms with Crippen LogP contribution in [0.5, 0.6) is 0 Å². The van der Waals surface area contributed by atoms with E-state index in [0.717, 1.165) is 64.6 Å². The normalized spacial score (nSPS) is 20.9. The molecule has 34 heavy (non-hydrogen) atoms. The molecular weight excluding hydrogens is 438 g/mol. The van der Waals surface area contributed by atoms with Gasteiger partial charge in [-0.05, 0) is 68.1 Å². The number of hydrogen-bond acceptors (Lipinski definition) is 5. The third kappa shape index (κ3) is 5.84. The Morgan fingerprint density at radius 3 is 2.32 bits per heavy atom. The number of nitriles is 1. The predicted molar refractivity (Wildman–Crippen MR) is 127 cm³/mol. The molecule has 2 aliphatic rings. The number of amides is 1. The van der Waals surface area contributed by atoms with E-state index in [-0.39, 0.29) is 29.1 Å². The Balaban J connectivity index is 1.28. The number of carbonyl (C=O) groups excluding carboxylic acids is 1. The summed E-state index contributed by atoms with van der Waals surface area (Å²) in [6.07, 6.45) is 3.25. The maximum Gasteiger partial charge on any atom is 0.271 e. The van der Waals surface area contributed by atoms with Crippen LogP contribution < -0.4 is 15.5 Å². The van der Waals surface area contributed by atoms with Gasteiger partial charge in [-0.15, -0.1) is 0 Å². The van der Waals surface area contributed by atoms with Crippen LogP contribution in [0.25, 0.3) is 0 Å². The van der Waals surface area contributed by atoms with Crippen LogP contribution in [-0.2, 0) is 10.7 Å². The summed E-state index contributed by atoms with van der Waals surface area (Å²) >= 11 is 0. The lowest BCUT2D eigenvalue weighted by Gasteiger charge is -2.31. The van der Waals surface area contributed by atoms with Gasteiger partial charge in [0.05, 0.1) is 24.8 Å². The highest BCUT2D eigenvalue weighted by molar-refractivity contribution is 5.94. The summed E-state index contributed by atoms with van der Waals surface area (Å²) in [5.41, 5.74) is 2.05. The van der Waals surface area contributed by atoms with Gasteiger partial charge in [0.1, 0.15) is 0 Å². The Labute approximate surface area is 198 Å². The lowest BCUT2D eigenvalue weighted by Crippen LogP contribution is -2.40. The number of alkyl halides is 2. The number of rotatable bonds is 6. The van der Waals surface area contributed by atoms with Gasteiger partial charge in [0.15, 0.2) is 0 Å². The van der Waals surface area contributed by atoms with Gasteiger partial charge in [-0.3, -0.25) is 4.79 Å². The highest BCUT2D eigenvalue weighted by Crippen LogP contribution is 2.32. The van der Waals surface area contributed by atoms with Crippen molar-refractivity contribution in [3.05, 3.63) is 59.2 Å². The topological polar surface area (TPSA) is 77.4 Å². The van der Waals surface area contributed by atoms with Crippen LogP contribution >= 0.6 is 0 Å². The Morgan fingerprint density at radius 2 is 1.71 bits per heavy atom. The maximum atomic E-state index is 13.9. The van der Waals surface area contributed by atoms with Crippen molar-refractivity contribution in [1.29, 1.82) is 5.26 Å². The first-order valence-corrected chi connectivity index (χ1v) is 11.8. The summed E-state index contributed by atoms with van der Waals surface area (Å²) in [4.78, 5) is 15.0. The van der Waals surface area contributed by atoms with Gasteiger partial charge in [-0.1, -0.05) is 0 Å². The zero-order chi connectivity index (χ0) is 24.1. The molecule has 4 rings (SSSR count). The molecule has 1 heterocycles. The van der Waals surface area contributed by atoms with Crippen molar-refractivity contribution in [3.8, 4) is 6.07 Å². The van der Waals surface area contributed by atoms with Gasteiger partial charge in [-0.25, -0.2) is 8.78 Å². The van der Waals surface area contributed by atoms with Gasteiger partial charge in [0.25, 0.3) is 11.8 Å². The molecule has 1 saturated carbocycles. The third-order valence-electron chi connectivity index (χ3n) is 6.55. The number of halogens is 2. The zero-order valence-electron chi connectivity index (χ0n) is 19.3. The molecule has 2 aromatic rings. The van der Waals surface area contributed by atoms with E-state index in [2.05, 4.69) is 15.5 Å². The number of benzene rings is 2. The van der Waals surface area contributed by atoms with E-state index >= 15 is 0 Å². The van der Waals surface area contributed by atoms with Gasteiger partial charge in [0, 0.05) is 54.6 Å². The summed E-state index contributed by atoms with van der Waals surface area (Å²) in [6, 6.07) is 14.2. The van der Waals surface area contributed by atoms with Gasteiger partial charge in [-0.2, -0.15) is 5.26 Å². The number of hydrogen-bond donors (Lipinski definition) is 2. The summed E-state index contributed by atoms with van der Waals surface area (Å²) < 4.78 is 33.1. The SMILES string of the molecule is CC(F)(F)c1cc(N[C@H]2CC[C@@H](NC(=O)c3ccc(N4CCOCC4)cc3)CC2)ccc1C#N.